The van der Waals surface area contributed by atoms with E-state index in [2.05, 4.69) is 6.92 Å². The van der Waals surface area contributed by atoms with Crippen molar-refractivity contribution in [2.24, 2.45) is 0 Å². The standard InChI is InChI=1S/C11H21ClO3/c1-4-5-6-7-9(11(2,3)14)15-10(13)8-12/h9,14H,4-8H2,1-3H3. The summed E-state index contributed by atoms with van der Waals surface area (Å²) in [5.41, 5.74) is -1.00. The van der Waals surface area contributed by atoms with E-state index in [1.165, 1.54) is 0 Å². The Balaban J connectivity index is 4.14. The fourth-order valence-electron chi connectivity index (χ4n) is 1.33. The summed E-state index contributed by atoms with van der Waals surface area (Å²) >= 11 is 5.35. The van der Waals surface area contributed by atoms with Gasteiger partial charge < -0.3 is 9.84 Å². The van der Waals surface area contributed by atoms with Gasteiger partial charge in [0.15, 0.2) is 0 Å². The third-order valence-corrected chi connectivity index (χ3v) is 2.46. The van der Waals surface area contributed by atoms with E-state index in [0.29, 0.717) is 6.42 Å². The van der Waals surface area contributed by atoms with Crippen molar-refractivity contribution in [3.05, 3.63) is 0 Å². The highest BCUT2D eigenvalue weighted by atomic mass is 35.5. The van der Waals surface area contributed by atoms with Gasteiger partial charge >= 0.3 is 5.97 Å². The molecule has 4 heteroatoms. The molecular weight excluding hydrogens is 216 g/mol. The highest BCUT2D eigenvalue weighted by Crippen LogP contribution is 2.19. The van der Waals surface area contributed by atoms with Gasteiger partial charge in [-0.05, 0) is 26.7 Å². The maximum Gasteiger partial charge on any atom is 0.321 e. The van der Waals surface area contributed by atoms with Gasteiger partial charge in [0.25, 0.3) is 0 Å². The maximum atomic E-state index is 11.0. The van der Waals surface area contributed by atoms with Crippen molar-refractivity contribution in [3.8, 4) is 0 Å². The van der Waals surface area contributed by atoms with Crippen LogP contribution < -0.4 is 0 Å². The molecule has 0 fully saturated rings. The Labute approximate surface area is 96.8 Å². The van der Waals surface area contributed by atoms with E-state index in [9.17, 15) is 9.90 Å². The SMILES string of the molecule is CCCCCC(OC(=O)CCl)C(C)(C)O. The normalized spacial score (nSPS) is 13.7. The molecule has 0 aliphatic carbocycles. The molecule has 1 N–H and O–H groups in total. The average molecular weight is 237 g/mol. The Morgan fingerprint density at radius 3 is 2.47 bits per heavy atom. The molecule has 1 unspecified atom stereocenters. The molecule has 0 saturated heterocycles. The minimum absolute atomic E-state index is 0.166. The molecule has 0 aromatic rings. The maximum absolute atomic E-state index is 11.0. The van der Waals surface area contributed by atoms with Gasteiger partial charge in [0.2, 0.25) is 0 Å². The highest BCUT2D eigenvalue weighted by Gasteiger charge is 2.29. The monoisotopic (exact) mass is 236 g/mol. The van der Waals surface area contributed by atoms with Crippen molar-refractivity contribution in [2.45, 2.75) is 58.2 Å². The van der Waals surface area contributed by atoms with Crippen molar-refractivity contribution in [3.63, 3.8) is 0 Å². The number of unbranched alkanes of at least 4 members (excludes halogenated alkanes) is 2. The molecule has 0 bridgehead atoms. The minimum atomic E-state index is -1.00. The van der Waals surface area contributed by atoms with Crippen LogP contribution in [0.5, 0.6) is 0 Å². The van der Waals surface area contributed by atoms with Gasteiger partial charge in [-0.3, -0.25) is 4.79 Å². The van der Waals surface area contributed by atoms with Crippen LogP contribution in [0, 0.1) is 0 Å². The van der Waals surface area contributed by atoms with Crippen molar-refractivity contribution in [2.75, 3.05) is 5.88 Å². The van der Waals surface area contributed by atoms with Crippen LogP contribution in [0.2, 0.25) is 0 Å². The molecule has 3 nitrogen and oxygen atoms in total. The van der Waals surface area contributed by atoms with E-state index < -0.39 is 17.7 Å². The lowest BCUT2D eigenvalue weighted by atomic mass is 9.96. The molecule has 0 saturated carbocycles. The highest BCUT2D eigenvalue weighted by molar-refractivity contribution is 6.26. The molecule has 1 atom stereocenters. The molecule has 0 heterocycles. The van der Waals surface area contributed by atoms with Gasteiger partial charge in [0, 0.05) is 0 Å². The zero-order valence-electron chi connectivity index (χ0n) is 9.75. The Kier molecular flexibility index (Phi) is 6.94. The van der Waals surface area contributed by atoms with Gasteiger partial charge in [0.05, 0.1) is 5.60 Å². The summed E-state index contributed by atoms with van der Waals surface area (Å²) in [7, 11) is 0. The topological polar surface area (TPSA) is 46.5 Å². The summed E-state index contributed by atoms with van der Waals surface area (Å²) in [6.45, 7) is 5.39. The first-order valence-corrected chi connectivity index (χ1v) is 5.93. The second kappa shape index (κ2) is 7.07. The summed E-state index contributed by atoms with van der Waals surface area (Å²) in [5, 5.41) is 9.80. The van der Waals surface area contributed by atoms with E-state index in [1.807, 2.05) is 0 Å². The fraction of sp³-hybridized carbons (Fsp3) is 0.909. The van der Waals surface area contributed by atoms with Crippen molar-refractivity contribution in [1.82, 2.24) is 0 Å². The second-order valence-corrected chi connectivity index (χ2v) is 4.53. The zero-order valence-corrected chi connectivity index (χ0v) is 10.5. The van der Waals surface area contributed by atoms with E-state index in [1.54, 1.807) is 13.8 Å². The first-order chi connectivity index (χ1) is 6.91. The zero-order chi connectivity index (χ0) is 11.9. The van der Waals surface area contributed by atoms with Crippen molar-refractivity contribution in [1.29, 1.82) is 0 Å². The number of rotatable bonds is 7. The molecule has 0 aliphatic heterocycles. The summed E-state index contributed by atoms with van der Waals surface area (Å²) in [6.07, 6.45) is 3.34. The van der Waals surface area contributed by atoms with Crippen LogP contribution in [0.1, 0.15) is 46.5 Å². The van der Waals surface area contributed by atoms with Crippen LogP contribution in [0.4, 0.5) is 0 Å². The predicted octanol–water partition coefficient (Wildman–Crippen LogP) is 2.49. The van der Waals surface area contributed by atoms with E-state index in [4.69, 9.17) is 16.3 Å². The number of esters is 1. The molecule has 0 aromatic heterocycles. The van der Waals surface area contributed by atoms with E-state index in [0.717, 1.165) is 19.3 Å². The first-order valence-electron chi connectivity index (χ1n) is 5.39. The van der Waals surface area contributed by atoms with Gasteiger partial charge in [-0.1, -0.05) is 19.8 Å². The molecule has 15 heavy (non-hydrogen) atoms. The van der Waals surface area contributed by atoms with Crippen LogP contribution in [0.15, 0.2) is 0 Å². The van der Waals surface area contributed by atoms with Crippen LogP contribution in [-0.4, -0.2) is 28.7 Å². The third-order valence-electron chi connectivity index (χ3n) is 2.24. The third kappa shape index (κ3) is 6.74. The van der Waals surface area contributed by atoms with Crippen LogP contribution in [0.3, 0.4) is 0 Å². The Hall–Kier alpha value is -0.280. The largest absolute Gasteiger partial charge is 0.458 e. The summed E-state index contributed by atoms with van der Waals surface area (Å²) in [6, 6.07) is 0. The first kappa shape index (κ1) is 14.7. The van der Waals surface area contributed by atoms with Crippen molar-refractivity contribution >= 4 is 17.6 Å². The van der Waals surface area contributed by atoms with Gasteiger partial charge in [-0.2, -0.15) is 0 Å². The number of halogens is 1. The number of carbonyl (C=O) groups is 1. The number of hydrogen-bond donors (Lipinski definition) is 1. The van der Waals surface area contributed by atoms with Crippen LogP contribution in [0.25, 0.3) is 0 Å². The quantitative estimate of drug-likeness (QED) is 0.420. The number of alkyl halides is 1. The molecular formula is C11H21ClO3. The smallest absolute Gasteiger partial charge is 0.321 e. The van der Waals surface area contributed by atoms with Gasteiger partial charge in [-0.15, -0.1) is 11.6 Å². The molecule has 0 spiro atoms. The molecule has 0 radical (unpaired) electrons. The average Bonchev–Trinajstić information content (AvgIpc) is 2.14. The van der Waals surface area contributed by atoms with E-state index >= 15 is 0 Å². The van der Waals surface area contributed by atoms with Crippen LogP contribution in [-0.2, 0) is 9.53 Å². The number of carbonyl (C=O) groups excluding carboxylic acids is 1. The lowest BCUT2D eigenvalue weighted by Crippen LogP contribution is -2.39. The molecule has 90 valence electrons. The van der Waals surface area contributed by atoms with Crippen molar-refractivity contribution < 1.29 is 14.6 Å². The number of hydrogen-bond acceptors (Lipinski definition) is 3. The lowest BCUT2D eigenvalue weighted by Gasteiger charge is -2.28. The minimum Gasteiger partial charge on any atom is -0.458 e. The Morgan fingerprint density at radius 1 is 1.47 bits per heavy atom. The molecule has 0 aliphatic rings. The summed E-state index contributed by atoms with van der Waals surface area (Å²) < 4.78 is 5.09. The predicted molar refractivity (Wildman–Crippen MR) is 61.0 cm³/mol. The number of ether oxygens (including phenoxy) is 1. The second-order valence-electron chi connectivity index (χ2n) is 4.26. The van der Waals surface area contributed by atoms with Crippen LogP contribution >= 0.6 is 11.6 Å². The summed E-state index contributed by atoms with van der Waals surface area (Å²) in [4.78, 5) is 11.0. The Morgan fingerprint density at radius 2 is 2.07 bits per heavy atom. The fourth-order valence-corrected chi connectivity index (χ4v) is 1.39. The molecule has 0 rings (SSSR count). The molecule has 0 aromatic carbocycles. The van der Waals surface area contributed by atoms with E-state index in [-0.39, 0.29) is 5.88 Å². The van der Waals surface area contributed by atoms with Gasteiger partial charge in [-0.25, -0.2) is 0 Å². The number of aliphatic hydroxyl groups is 1. The Bertz CT molecular complexity index is 187. The lowest BCUT2D eigenvalue weighted by molar-refractivity contribution is -0.159. The molecule has 0 amide bonds. The van der Waals surface area contributed by atoms with Gasteiger partial charge in [0.1, 0.15) is 12.0 Å². The summed E-state index contributed by atoms with van der Waals surface area (Å²) in [5.74, 6) is -0.638.